The molecule has 2 aromatic carbocycles. The van der Waals surface area contributed by atoms with Gasteiger partial charge in [0.15, 0.2) is 5.69 Å². The smallest absolute Gasteiger partial charge is 0.319 e. The topological polar surface area (TPSA) is 144 Å². The van der Waals surface area contributed by atoms with Gasteiger partial charge in [-0.1, -0.05) is 47.5 Å². The summed E-state index contributed by atoms with van der Waals surface area (Å²) in [7, 11) is 0. The van der Waals surface area contributed by atoms with Gasteiger partial charge >= 0.3 is 12.0 Å². The Morgan fingerprint density at radius 1 is 1.18 bits per heavy atom. The molecule has 2 amide bonds. The largest absolute Gasteiger partial charge is 0.505 e. The van der Waals surface area contributed by atoms with Gasteiger partial charge in [0.1, 0.15) is 5.75 Å². The molecule has 0 fully saturated rings. The number of aromatic hydroxyl groups is 1. The van der Waals surface area contributed by atoms with Gasteiger partial charge in [0.25, 0.3) is 5.56 Å². The van der Waals surface area contributed by atoms with Crippen LogP contribution in [0.15, 0.2) is 59.5 Å². The molecule has 0 aliphatic rings. The van der Waals surface area contributed by atoms with Crippen LogP contribution < -0.4 is 16.2 Å². The highest BCUT2D eigenvalue weighted by Crippen LogP contribution is 2.23. The molecular weight excluding hydrogens is 460 g/mol. The normalized spacial score (nSPS) is 11.3. The number of benzene rings is 2. The van der Waals surface area contributed by atoms with Crippen LogP contribution in [0.4, 0.5) is 10.5 Å². The zero-order valence-electron chi connectivity index (χ0n) is 18.1. The van der Waals surface area contributed by atoms with Gasteiger partial charge in [-0.2, -0.15) is 5.26 Å². The summed E-state index contributed by atoms with van der Waals surface area (Å²) in [5, 5.41) is 33.9. The highest BCUT2D eigenvalue weighted by atomic mass is 35.5. The Labute approximate surface area is 199 Å². The lowest BCUT2D eigenvalue weighted by Crippen LogP contribution is -2.36. The number of nitriles is 1. The number of aliphatic carboxylic acids is 1. The van der Waals surface area contributed by atoms with Crippen LogP contribution in [0.25, 0.3) is 0 Å². The Kier molecular flexibility index (Phi) is 7.56. The zero-order valence-corrected chi connectivity index (χ0v) is 18.8. The molecule has 1 atom stereocenters. The number of carboxylic acid groups (broad SMARTS) is 1. The lowest BCUT2D eigenvalue weighted by atomic mass is 10.0. The van der Waals surface area contributed by atoms with Crippen LogP contribution in [-0.2, 0) is 11.3 Å². The summed E-state index contributed by atoms with van der Waals surface area (Å²) in [5.41, 5.74) is 1.11. The third kappa shape index (κ3) is 5.74. The minimum Gasteiger partial charge on any atom is -0.505 e. The Morgan fingerprint density at radius 2 is 1.88 bits per heavy atom. The first kappa shape index (κ1) is 24.4. The second-order valence-corrected chi connectivity index (χ2v) is 7.95. The fraction of sp³-hybridized carbons (Fsp3) is 0.167. The van der Waals surface area contributed by atoms with Crippen molar-refractivity contribution in [3.63, 3.8) is 0 Å². The highest BCUT2D eigenvalue weighted by molar-refractivity contribution is 6.31. The first-order chi connectivity index (χ1) is 16.2. The van der Waals surface area contributed by atoms with Gasteiger partial charge < -0.3 is 25.4 Å². The van der Waals surface area contributed by atoms with Gasteiger partial charge in [-0.25, -0.2) is 4.79 Å². The number of amides is 2. The lowest BCUT2D eigenvalue weighted by Gasteiger charge is -2.19. The molecule has 34 heavy (non-hydrogen) atoms. The average Bonchev–Trinajstić information content (AvgIpc) is 2.79. The van der Waals surface area contributed by atoms with Crippen LogP contribution in [-0.4, -0.2) is 26.8 Å². The molecule has 0 radical (unpaired) electrons. The van der Waals surface area contributed by atoms with Crippen molar-refractivity contribution in [2.45, 2.75) is 25.9 Å². The van der Waals surface area contributed by atoms with Crippen molar-refractivity contribution >= 4 is 29.3 Å². The molecule has 174 valence electrons. The predicted octanol–water partition coefficient (Wildman–Crippen LogP) is 3.77. The summed E-state index contributed by atoms with van der Waals surface area (Å²) in [6.07, 6.45) is 0.926. The summed E-state index contributed by atoms with van der Waals surface area (Å²) in [6, 6.07) is 13.2. The molecule has 4 N–H and O–H groups in total. The molecule has 1 aromatic heterocycles. The first-order valence-electron chi connectivity index (χ1n) is 10.2. The van der Waals surface area contributed by atoms with E-state index in [9.17, 15) is 29.9 Å². The SMILES string of the molecule is Cc1ccc([C@H](CC(=O)O)NC(=O)Nc2c(O)ccn(Cc3c(Cl)cccc3C#N)c2=O)cc1. The second-order valence-electron chi connectivity index (χ2n) is 7.55. The van der Waals surface area contributed by atoms with Crippen molar-refractivity contribution < 1.29 is 19.8 Å². The Balaban J connectivity index is 1.85. The maximum absolute atomic E-state index is 13.0. The maximum atomic E-state index is 13.0. The molecule has 0 saturated carbocycles. The number of pyridine rings is 1. The average molecular weight is 481 g/mol. The molecule has 3 rings (SSSR count). The zero-order chi connectivity index (χ0) is 24.8. The molecule has 3 aromatic rings. The fourth-order valence-corrected chi connectivity index (χ4v) is 3.57. The van der Waals surface area contributed by atoms with E-state index in [0.29, 0.717) is 16.1 Å². The summed E-state index contributed by atoms with van der Waals surface area (Å²) in [4.78, 5) is 36.9. The van der Waals surface area contributed by atoms with Gasteiger partial charge in [-0.15, -0.1) is 0 Å². The lowest BCUT2D eigenvalue weighted by molar-refractivity contribution is -0.137. The molecule has 0 unspecified atom stereocenters. The number of anilines is 1. The van der Waals surface area contributed by atoms with Gasteiger partial charge in [0.05, 0.1) is 30.6 Å². The number of rotatable bonds is 7. The molecule has 0 spiro atoms. The Morgan fingerprint density at radius 3 is 2.53 bits per heavy atom. The van der Waals surface area contributed by atoms with E-state index in [2.05, 4.69) is 10.6 Å². The van der Waals surface area contributed by atoms with Gasteiger partial charge in [-0.05, 0) is 30.7 Å². The fourth-order valence-electron chi connectivity index (χ4n) is 3.33. The summed E-state index contributed by atoms with van der Waals surface area (Å²) in [5.74, 6) is -1.59. The number of nitrogens with one attached hydrogen (secondary N) is 2. The van der Waals surface area contributed by atoms with Crippen LogP contribution in [0.3, 0.4) is 0 Å². The van der Waals surface area contributed by atoms with Crippen molar-refractivity contribution in [3.8, 4) is 11.8 Å². The van der Waals surface area contributed by atoms with Crippen molar-refractivity contribution in [2.75, 3.05) is 5.32 Å². The molecule has 0 bridgehead atoms. The van der Waals surface area contributed by atoms with E-state index in [1.165, 1.54) is 16.8 Å². The van der Waals surface area contributed by atoms with E-state index < -0.39 is 35.0 Å². The number of carboxylic acids is 1. The number of hydrogen-bond donors (Lipinski definition) is 4. The molecule has 10 heteroatoms. The standard InChI is InChI=1S/C24H21ClN4O5/c1-14-5-7-15(8-6-14)19(11-21(31)32)27-24(34)28-22-20(30)9-10-29(23(22)33)13-17-16(12-26)3-2-4-18(17)25/h2-10,19,30H,11,13H2,1H3,(H,31,32)(H2,27,28,34)/t19-/m0/s1. The molecule has 1 heterocycles. The van der Waals surface area contributed by atoms with E-state index in [-0.39, 0.29) is 18.5 Å². The van der Waals surface area contributed by atoms with Crippen LogP contribution >= 0.6 is 11.6 Å². The van der Waals surface area contributed by atoms with Crippen LogP contribution in [0.1, 0.15) is 34.7 Å². The molecule has 0 saturated heterocycles. The minimum absolute atomic E-state index is 0.0665. The third-order valence-corrected chi connectivity index (χ3v) is 5.47. The first-order valence-corrected chi connectivity index (χ1v) is 10.5. The number of urea groups is 1. The number of aryl methyl sites for hydroxylation is 1. The summed E-state index contributed by atoms with van der Waals surface area (Å²) in [6.45, 7) is 1.81. The van der Waals surface area contributed by atoms with E-state index in [1.807, 2.05) is 13.0 Å². The van der Waals surface area contributed by atoms with Crippen molar-refractivity contribution in [3.05, 3.63) is 92.4 Å². The molecule has 9 nitrogen and oxygen atoms in total. The van der Waals surface area contributed by atoms with E-state index in [0.717, 1.165) is 5.56 Å². The van der Waals surface area contributed by atoms with Crippen LogP contribution in [0, 0.1) is 18.3 Å². The van der Waals surface area contributed by atoms with Gasteiger partial charge in [0, 0.05) is 16.8 Å². The summed E-state index contributed by atoms with van der Waals surface area (Å²) < 4.78 is 1.19. The minimum atomic E-state index is -1.12. The number of carbonyl (C=O) groups is 2. The summed E-state index contributed by atoms with van der Waals surface area (Å²) >= 11 is 6.19. The molecule has 0 aliphatic carbocycles. The number of aromatic nitrogens is 1. The van der Waals surface area contributed by atoms with E-state index >= 15 is 0 Å². The number of carbonyl (C=O) groups excluding carboxylic acids is 1. The van der Waals surface area contributed by atoms with Crippen LogP contribution in [0.2, 0.25) is 5.02 Å². The monoisotopic (exact) mass is 480 g/mol. The highest BCUT2D eigenvalue weighted by Gasteiger charge is 2.20. The number of hydrogen-bond acceptors (Lipinski definition) is 5. The van der Waals surface area contributed by atoms with E-state index in [1.54, 1.807) is 42.5 Å². The Bertz CT molecular complexity index is 1330. The van der Waals surface area contributed by atoms with Crippen LogP contribution in [0.5, 0.6) is 5.75 Å². The molecular formula is C24H21ClN4O5. The van der Waals surface area contributed by atoms with Gasteiger partial charge in [-0.3, -0.25) is 9.59 Å². The predicted molar refractivity (Wildman–Crippen MR) is 126 cm³/mol. The second kappa shape index (κ2) is 10.6. The van der Waals surface area contributed by atoms with Gasteiger partial charge in [0.2, 0.25) is 0 Å². The molecule has 0 aliphatic heterocycles. The number of halogens is 1. The van der Waals surface area contributed by atoms with Crippen molar-refractivity contribution in [1.29, 1.82) is 5.26 Å². The third-order valence-electron chi connectivity index (χ3n) is 5.11. The quantitative estimate of drug-likeness (QED) is 0.405. The van der Waals surface area contributed by atoms with Crippen molar-refractivity contribution in [1.82, 2.24) is 9.88 Å². The van der Waals surface area contributed by atoms with E-state index in [4.69, 9.17) is 11.6 Å². The Hall–Kier alpha value is -4.29. The number of nitrogens with zero attached hydrogens (tertiary/aromatic N) is 2. The maximum Gasteiger partial charge on any atom is 0.319 e. The van der Waals surface area contributed by atoms with Crippen molar-refractivity contribution in [2.24, 2.45) is 0 Å².